The first-order chi connectivity index (χ1) is 7.15. The maximum atomic E-state index is 11.2. The molecule has 0 rings (SSSR count). The van der Waals surface area contributed by atoms with E-state index in [0.29, 0.717) is 11.5 Å². The second kappa shape index (κ2) is 8.05. The summed E-state index contributed by atoms with van der Waals surface area (Å²) in [5, 5.41) is 2.24. The standard InChI is InChI=1S/C9H13NO4S/c1-3-4-15-6-7(9(13)14-2)10-8(12)5-11/h3,5,7H,1,4,6H2,2H3,(H,10,12). The van der Waals surface area contributed by atoms with Crippen molar-refractivity contribution in [2.24, 2.45) is 0 Å². The van der Waals surface area contributed by atoms with Gasteiger partial charge in [-0.1, -0.05) is 6.08 Å². The van der Waals surface area contributed by atoms with Gasteiger partial charge in [-0.05, 0) is 0 Å². The van der Waals surface area contributed by atoms with Crippen LogP contribution in [0.25, 0.3) is 0 Å². The number of nitrogens with one attached hydrogen (secondary N) is 1. The lowest BCUT2D eigenvalue weighted by atomic mass is 10.3. The van der Waals surface area contributed by atoms with Crippen LogP contribution < -0.4 is 5.32 Å². The van der Waals surface area contributed by atoms with E-state index in [-0.39, 0.29) is 6.29 Å². The summed E-state index contributed by atoms with van der Waals surface area (Å²) >= 11 is 1.41. The fraction of sp³-hybridized carbons (Fsp3) is 0.444. The lowest BCUT2D eigenvalue weighted by Crippen LogP contribution is -2.43. The van der Waals surface area contributed by atoms with Crippen LogP contribution >= 0.6 is 11.8 Å². The third kappa shape index (κ3) is 5.90. The number of methoxy groups -OCH3 is 1. The Morgan fingerprint density at radius 2 is 2.27 bits per heavy atom. The molecule has 84 valence electrons. The zero-order valence-corrected chi connectivity index (χ0v) is 9.21. The zero-order valence-electron chi connectivity index (χ0n) is 8.39. The number of carbonyl (C=O) groups excluding carboxylic acids is 3. The topological polar surface area (TPSA) is 72.5 Å². The zero-order chi connectivity index (χ0) is 11.7. The van der Waals surface area contributed by atoms with Crippen LogP contribution in [0.2, 0.25) is 0 Å². The highest BCUT2D eigenvalue weighted by atomic mass is 32.2. The number of hydrogen-bond acceptors (Lipinski definition) is 5. The Bertz CT molecular complexity index is 254. The fourth-order valence-corrected chi connectivity index (χ4v) is 1.54. The molecule has 0 aromatic rings. The van der Waals surface area contributed by atoms with Gasteiger partial charge < -0.3 is 10.1 Å². The molecule has 0 aromatic heterocycles. The number of hydrogen-bond donors (Lipinski definition) is 1. The van der Waals surface area contributed by atoms with Gasteiger partial charge in [0.2, 0.25) is 6.29 Å². The summed E-state index contributed by atoms with van der Waals surface area (Å²) in [5.74, 6) is -0.394. The molecule has 0 saturated heterocycles. The molecule has 0 spiro atoms. The van der Waals surface area contributed by atoms with Gasteiger partial charge in [-0.25, -0.2) is 4.79 Å². The third-order valence-corrected chi connectivity index (χ3v) is 2.47. The van der Waals surface area contributed by atoms with Gasteiger partial charge in [0.1, 0.15) is 6.04 Å². The average molecular weight is 231 g/mol. The second-order valence-corrected chi connectivity index (χ2v) is 3.60. The van der Waals surface area contributed by atoms with Crippen LogP contribution in [0.1, 0.15) is 0 Å². The van der Waals surface area contributed by atoms with Crippen LogP contribution in [0.15, 0.2) is 12.7 Å². The molecule has 0 saturated carbocycles. The number of esters is 1. The van der Waals surface area contributed by atoms with Gasteiger partial charge in [-0.2, -0.15) is 11.8 Å². The Morgan fingerprint density at radius 3 is 2.73 bits per heavy atom. The van der Waals surface area contributed by atoms with E-state index >= 15 is 0 Å². The van der Waals surface area contributed by atoms with Crippen molar-refractivity contribution >= 4 is 29.9 Å². The Morgan fingerprint density at radius 1 is 1.60 bits per heavy atom. The first-order valence-electron chi connectivity index (χ1n) is 4.17. The normalized spacial score (nSPS) is 11.3. The Hall–Kier alpha value is -1.30. The highest BCUT2D eigenvalue weighted by Crippen LogP contribution is 2.04. The molecular formula is C9H13NO4S. The minimum Gasteiger partial charge on any atom is -0.467 e. The van der Waals surface area contributed by atoms with E-state index in [1.165, 1.54) is 18.9 Å². The van der Waals surface area contributed by atoms with Gasteiger partial charge in [-0.15, -0.1) is 6.58 Å². The van der Waals surface area contributed by atoms with Crippen molar-refractivity contribution in [2.45, 2.75) is 6.04 Å². The molecule has 1 atom stereocenters. The summed E-state index contributed by atoms with van der Waals surface area (Å²) in [6.07, 6.45) is 1.80. The van der Waals surface area contributed by atoms with Crippen LogP contribution in [0, 0.1) is 0 Å². The van der Waals surface area contributed by atoms with E-state index < -0.39 is 17.9 Å². The van der Waals surface area contributed by atoms with Crippen molar-refractivity contribution < 1.29 is 19.1 Å². The van der Waals surface area contributed by atoms with Crippen molar-refractivity contribution in [2.75, 3.05) is 18.6 Å². The van der Waals surface area contributed by atoms with Gasteiger partial charge >= 0.3 is 5.97 Å². The summed E-state index contributed by atoms with van der Waals surface area (Å²) in [6.45, 7) is 3.52. The molecule has 0 aliphatic carbocycles. The quantitative estimate of drug-likeness (QED) is 0.215. The van der Waals surface area contributed by atoms with Crippen molar-refractivity contribution in [1.29, 1.82) is 0 Å². The van der Waals surface area contributed by atoms with Crippen molar-refractivity contribution in [3.63, 3.8) is 0 Å². The number of thioether (sulfide) groups is 1. The largest absolute Gasteiger partial charge is 0.467 e. The summed E-state index contributed by atoms with van der Waals surface area (Å²) in [5.41, 5.74) is 0. The highest BCUT2D eigenvalue weighted by Gasteiger charge is 2.20. The van der Waals surface area contributed by atoms with Crippen LogP contribution in [-0.2, 0) is 19.1 Å². The molecule has 0 heterocycles. The molecule has 1 N–H and O–H groups in total. The van der Waals surface area contributed by atoms with Crippen LogP contribution in [0.5, 0.6) is 0 Å². The Labute approximate surface area is 92.2 Å². The predicted molar refractivity (Wildman–Crippen MR) is 57.5 cm³/mol. The van der Waals surface area contributed by atoms with E-state index in [0.717, 1.165) is 0 Å². The summed E-state index contributed by atoms with van der Waals surface area (Å²) in [7, 11) is 1.22. The number of ether oxygens (including phenoxy) is 1. The number of amides is 1. The summed E-state index contributed by atoms with van der Waals surface area (Å²) in [6, 6.07) is -0.794. The van der Waals surface area contributed by atoms with Crippen molar-refractivity contribution in [1.82, 2.24) is 5.32 Å². The van der Waals surface area contributed by atoms with Gasteiger partial charge in [0.05, 0.1) is 7.11 Å². The highest BCUT2D eigenvalue weighted by molar-refractivity contribution is 7.99. The monoisotopic (exact) mass is 231 g/mol. The SMILES string of the molecule is C=CCSCC(NC(=O)C=O)C(=O)OC. The molecule has 1 unspecified atom stereocenters. The molecular weight excluding hydrogens is 218 g/mol. The van der Waals surface area contributed by atoms with Crippen molar-refractivity contribution in [3.8, 4) is 0 Å². The maximum absolute atomic E-state index is 11.2. The number of carbonyl (C=O) groups is 3. The number of rotatable bonds is 7. The van der Waals surface area contributed by atoms with Crippen molar-refractivity contribution in [3.05, 3.63) is 12.7 Å². The second-order valence-electron chi connectivity index (χ2n) is 2.53. The molecule has 1 amide bonds. The lowest BCUT2D eigenvalue weighted by molar-refractivity contribution is -0.144. The van der Waals surface area contributed by atoms with E-state index in [2.05, 4.69) is 16.6 Å². The van der Waals surface area contributed by atoms with Gasteiger partial charge in [-0.3, -0.25) is 9.59 Å². The van der Waals surface area contributed by atoms with E-state index in [9.17, 15) is 14.4 Å². The number of aldehydes is 1. The predicted octanol–water partition coefficient (Wildman–Crippen LogP) is -0.238. The van der Waals surface area contributed by atoms with E-state index in [4.69, 9.17) is 0 Å². The summed E-state index contributed by atoms with van der Waals surface area (Å²) < 4.78 is 4.48. The molecule has 15 heavy (non-hydrogen) atoms. The lowest BCUT2D eigenvalue weighted by Gasteiger charge is -2.13. The first-order valence-corrected chi connectivity index (χ1v) is 5.33. The molecule has 6 heteroatoms. The van der Waals surface area contributed by atoms with E-state index in [1.54, 1.807) is 6.08 Å². The molecule has 0 radical (unpaired) electrons. The molecule has 0 aliphatic rings. The van der Waals surface area contributed by atoms with Gasteiger partial charge in [0.15, 0.2) is 0 Å². The van der Waals surface area contributed by atoms with E-state index in [1.807, 2.05) is 0 Å². The minimum absolute atomic E-state index is 0.119. The maximum Gasteiger partial charge on any atom is 0.329 e. The van der Waals surface area contributed by atoms with Gasteiger partial charge in [0, 0.05) is 11.5 Å². The van der Waals surface area contributed by atoms with Crippen LogP contribution in [0.4, 0.5) is 0 Å². The molecule has 0 bridgehead atoms. The first kappa shape index (κ1) is 13.7. The van der Waals surface area contributed by atoms with Gasteiger partial charge in [0.25, 0.3) is 5.91 Å². The Kier molecular flexibility index (Phi) is 7.35. The molecule has 0 fully saturated rings. The Balaban J connectivity index is 4.17. The smallest absolute Gasteiger partial charge is 0.329 e. The molecule has 0 aromatic carbocycles. The van der Waals surface area contributed by atoms with Crippen LogP contribution in [-0.4, -0.2) is 42.8 Å². The third-order valence-electron chi connectivity index (χ3n) is 1.43. The summed E-state index contributed by atoms with van der Waals surface area (Å²) in [4.78, 5) is 32.0. The minimum atomic E-state index is -0.829. The molecule has 0 aliphatic heterocycles. The molecule has 5 nitrogen and oxygen atoms in total. The average Bonchev–Trinajstić information content (AvgIpc) is 2.26. The fourth-order valence-electron chi connectivity index (χ4n) is 0.786. The van der Waals surface area contributed by atoms with Crippen LogP contribution in [0.3, 0.4) is 0 Å².